The van der Waals surface area contributed by atoms with Crippen molar-refractivity contribution in [1.82, 2.24) is 0 Å². The zero-order valence-electron chi connectivity index (χ0n) is 50.3. The van der Waals surface area contributed by atoms with Crippen molar-refractivity contribution in [2.45, 2.75) is 380 Å². The zero-order valence-corrected chi connectivity index (χ0v) is 51.2. The van der Waals surface area contributed by atoms with Crippen molar-refractivity contribution in [1.29, 1.82) is 0 Å². The van der Waals surface area contributed by atoms with Gasteiger partial charge in [-0.2, -0.15) is 0 Å². The van der Waals surface area contributed by atoms with Crippen molar-refractivity contribution in [3.63, 3.8) is 0 Å². The summed E-state index contributed by atoms with van der Waals surface area (Å²) in [6.07, 6.45) is 72.0. The number of carbonyl (C=O) groups is 2. The molecule has 2 unspecified atom stereocenters. The van der Waals surface area contributed by atoms with Crippen LogP contribution in [0, 0.1) is 0 Å². The van der Waals surface area contributed by atoms with E-state index in [2.05, 4.69) is 13.8 Å². The van der Waals surface area contributed by atoms with Crippen LogP contribution in [0.5, 0.6) is 0 Å². The number of hydrogen-bond acceptors (Lipinski definition) is 8. The third-order valence-corrected chi connectivity index (χ3v) is 16.5. The lowest BCUT2D eigenvalue weighted by atomic mass is 10.0. The highest BCUT2D eigenvalue weighted by Crippen LogP contribution is 2.43. The summed E-state index contributed by atoms with van der Waals surface area (Å²) in [7, 11) is -4.38. The fraction of sp³-hybridized carbons (Fsp3) is 0.969. The first kappa shape index (κ1) is 74.0. The van der Waals surface area contributed by atoms with Gasteiger partial charge in [-0.3, -0.25) is 18.6 Å². The summed E-state index contributed by atoms with van der Waals surface area (Å²) in [6, 6.07) is 0. The summed E-state index contributed by atoms with van der Waals surface area (Å²) in [5.74, 6) is -0.798. The van der Waals surface area contributed by atoms with Crippen LogP contribution in [0.1, 0.15) is 373 Å². The third kappa shape index (κ3) is 62.1. The highest BCUT2D eigenvalue weighted by Gasteiger charge is 2.26. The molecule has 3 N–H and O–H groups in total. The second-order valence-corrected chi connectivity index (χ2v) is 24.5. The van der Waals surface area contributed by atoms with Crippen molar-refractivity contribution in [2.24, 2.45) is 5.73 Å². The first-order chi connectivity index (χ1) is 36.8. The first-order valence-corrected chi connectivity index (χ1v) is 35.0. The van der Waals surface area contributed by atoms with E-state index in [0.29, 0.717) is 12.8 Å². The van der Waals surface area contributed by atoms with E-state index in [9.17, 15) is 19.0 Å². The van der Waals surface area contributed by atoms with E-state index in [0.717, 1.165) is 32.1 Å². The standard InChI is InChI=1S/C65H130NO8P/c1-3-5-7-9-11-13-15-17-19-21-23-25-27-28-29-30-31-32-33-34-36-38-40-42-44-46-48-50-52-54-56-58-65(68)74-63(62-73-75(69,70)72-60-59-66)61-71-64(67)57-55-53-51-49-47-45-43-41-39-37-35-26-24-22-20-18-16-14-12-10-8-6-4-2/h63H,3-62,66H2,1-2H3,(H,69,70). The average Bonchev–Trinajstić information content (AvgIpc) is 3.40. The zero-order chi connectivity index (χ0) is 54.5. The van der Waals surface area contributed by atoms with Crippen LogP contribution in [-0.2, 0) is 32.7 Å². The Morgan fingerprint density at radius 3 is 0.813 bits per heavy atom. The molecule has 0 fully saturated rings. The molecule has 0 aliphatic rings. The molecule has 448 valence electrons. The minimum atomic E-state index is -4.38. The van der Waals surface area contributed by atoms with Crippen molar-refractivity contribution in [3.05, 3.63) is 0 Å². The molecular formula is C65H130NO8P. The van der Waals surface area contributed by atoms with Gasteiger partial charge < -0.3 is 20.1 Å². The summed E-state index contributed by atoms with van der Waals surface area (Å²) in [5.41, 5.74) is 5.40. The Hall–Kier alpha value is -0.990. The van der Waals surface area contributed by atoms with Gasteiger partial charge in [0, 0.05) is 19.4 Å². The molecule has 10 heteroatoms. The molecule has 0 radical (unpaired) electrons. The molecule has 2 atom stereocenters. The largest absolute Gasteiger partial charge is 0.472 e. The average molecular weight is 1080 g/mol. The molecule has 0 aromatic rings. The van der Waals surface area contributed by atoms with E-state index in [-0.39, 0.29) is 32.1 Å². The van der Waals surface area contributed by atoms with E-state index in [1.807, 2.05) is 0 Å². The van der Waals surface area contributed by atoms with Gasteiger partial charge in [-0.1, -0.05) is 348 Å². The molecule has 0 rings (SSSR count). The molecule has 0 amide bonds. The second kappa shape index (κ2) is 62.2. The minimum Gasteiger partial charge on any atom is -0.462 e. The van der Waals surface area contributed by atoms with Crippen molar-refractivity contribution >= 4 is 19.8 Å². The van der Waals surface area contributed by atoms with E-state index >= 15 is 0 Å². The van der Waals surface area contributed by atoms with Gasteiger partial charge in [0.25, 0.3) is 0 Å². The fourth-order valence-corrected chi connectivity index (χ4v) is 11.3. The maximum atomic E-state index is 12.7. The SMILES string of the molecule is CCCCCCCCCCCCCCCCCCCCCCCCCCCCCCCCCC(=O)OC(COC(=O)CCCCCCCCCCCCCCCCCCCCCCCCC)COP(=O)(O)OCCN. The van der Waals surface area contributed by atoms with Crippen LogP contribution in [-0.4, -0.2) is 49.3 Å². The number of ether oxygens (including phenoxy) is 2. The molecule has 0 saturated heterocycles. The Morgan fingerprint density at radius 1 is 0.347 bits per heavy atom. The molecule has 9 nitrogen and oxygen atoms in total. The van der Waals surface area contributed by atoms with Gasteiger partial charge in [-0.05, 0) is 12.8 Å². The monoisotopic (exact) mass is 1080 g/mol. The minimum absolute atomic E-state index is 0.0588. The Balaban J connectivity index is 3.81. The molecule has 75 heavy (non-hydrogen) atoms. The van der Waals surface area contributed by atoms with Crippen LogP contribution < -0.4 is 5.73 Å². The predicted molar refractivity (Wildman–Crippen MR) is 322 cm³/mol. The molecule has 0 bridgehead atoms. The Morgan fingerprint density at radius 2 is 0.573 bits per heavy atom. The van der Waals surface area contributed by atoms with Crippen LogP contribution in [0.25, 0.3) is 0 Å². The number of phosphoric ester groups is 1. The topological polar surface area (TPSA) is 134 Å². The Labute approximate surface area is 467 Å². The maximum absolute atomic E-state index is 12.7. The lowest BCUT2D eigenvalue weighted by Crippen LogP contribution is -2.29. The van der Waals surface area contributed by atoms with Gasteiger partial charge in [-0.25, -0.2) is 4.57 Å². The first-order valence-electron chi connectivity index (χ1n) is 33.5. The number of nitrogens with two attached hydrogens (primary N) is 1. The van der Waals surface area contributed by atoms with Crippen LogP contribution in [0.4, 0.5) is 0 Å². The number of esters is 2. The summed E-state index contributed by atoms with van der Waals surface area (Å²) in [5, 5.41) is 0. The van der Waals surface area contributed by atoms with Crippen molar-refractivity contribution in [3.8, 4) is 0 Å². The number of hydrogen-bond donors (Lipinski definition) is 2. The highest BCUT2D eigenvalue weighted by atomic mass is 31.2. The van der Waals surface area contributed by atoms with E-state index < -0.39 is 26.5 Å². The van der Waals surface area contributed by atoms with Gasteiger partial charge in [0.2, 0.25) is 0 Å². The summed E-state index contributed by atoms with van der Waals surface area (Å²) in [6.45, 7) is 3.84. The number of rotatable bonds is 65. The van der Waals surface area contributed by atoms with E-state index in [1.165, 1.54) is 308 Å². The molecule has 0 heterocycles. The highest BCUT2D eigenvalue weighted by molar-refractivity contribution is 7.47. The molecular weight excluding hydrogens is 954 g/mol. The van der Waals surface area contributed by atoms with Gasteiger partial charge in [-0.15, -0.1) is 0 Å². The van der Waals surface area contributed by atoms with Crippen LogP contribution in [0.15, 0.2) is 0 Å². The molecule has 0 spiro atoms. The second-order valence-electron chi connectivity index (χ2n) is 23.1. The molecule has 0 aromatic heterocycles. The molecule has 0 aliphatic heterocycles. The number of unbranched alkanes of at least 4 members (excludes halogenated alkanes) is 52. The summed E-state index contributed by atoms with van der Waals surface area (Å²) >= 11 is 0. The number of phosphoric acid groups is 1. The van der Waals surface area contributed by atoms with E-state index in [1.54, 1.807) is 0 Å². The van der Waals surface area contributed by atoms with Crippen LogP contribution in [0.3, 0.4) is 0 Å². The Bertz CT molecular complexity index is 1190. The van der Waals surface area contributed by atoms with Gasteiger partial charge in [0.05, 0.1) is 13.2 Å². The lowest BCUT2D eigenvalue weighted by molar-refractivity contribution is -0.161. The van der Waals surface area contributed by atoms with Gasteiger partial charge in [0.1, 0.15) is 6.61 Å². The smallest absolute Gasteiger partial charge is 0.462 e. The van der Waals surface area contributed by atoms with Crippen molar-refractivity contribution < 1.29 is 37.6 Å². The van der Waals surface area contributed by atoms with E-state index in [4.69, 9.17) is 24.3 Å². The summed E-state index contributed by atoms with van der Waals surface area (Å²) < 4.78 is 33.2. The molecule has 0 aliphatic carbocycles. The quantitative estimate of drug-likeness (QED) is 0.0347. The molecule has 0 aromatic carbocycles. The third-order valence-electron chi connectivity index (χ3n) is 15.5. The van der Waals surface area contributed by atoms with Crippen molar-refractivity contribution in [2.75, 3.05) is 26.4 Å². The lowest BCUT2D eigenvalue weighted by Gasteiger charge is -2.19. The fourth-order valence-electron chi connectivity index (χ4n) is 10.5. The van der Waals surface area contributed by atoms with Crippen LogP contribution >= 0.6 is 7.82 Å². The number of carbonyl (C=O) groups excluding carboxylic acids is 2. The van der Waals surface area contributed by atoms with Gasteiger partial charge >= 0.3 is 19.8 Å². The van der Waals surface area contributed by atoms with Crippen LogP contribution in [0.2, 0.25) is 0 Å². The summed E-state index contributed by atoms with van der Waals surface area (Å²) in [4.78, 5) is 35.3. The predicted octanol–water partition coefficient (Wildman–Crippen LogP) is 21.4. The maximum Gasteiger partial charge on any atom is 0.472 e. The normalized spacial score (nSPS) is 12.9. The van der Waals surface area contributed by atoms with Gasteiger partial charge in [0.15, 0.2) is 6.10 Å². The Kier molecular flexibility index (Phi) is 61.4. The molecule has 0 saturated carbocycles.